The van der Waals surface area contributed by atoms with E-state index in [4.69, 9.17) is 0 Å². The number of piperazine rings is 1. The summed E-state index contributed by atoms with van der Waals surface area (Å²) in [6.07, 6.45) is 1.89. The third-order valence-electron chi connectivity index (χ3n) is 7.05. The number of pyridine rings is 1. The Bertz CT molecular complexity index is 1580. The second kappa shape index (κ2) is 11.6. The quantitative estimate of drug-likeness (QED) is 0.262. The fraction of sp³-hybridized carbons (Fsp3) is 0.333. The van der Waals surface area contributed by atoms with E-state index in [1.807, 2.05) is 0 Å². The predicted octanol–water partition coefficient (Wildman–Crippen LogP) is 4.49. The summed E-state index contributed by atoms with van der Waals surface area (Å²) >= 11 is 0. The van der Waals surface area contributed by atoms with Crippen LogP contribution in [0, 0.1) is 11.8 Å². The molecular weight excluding hydrogens is 517 g/mol. The maximum atomic E-state index is 14.0. The number of hydrogen-bond donors (Lipinski definition) is 0. The molecule has 0 saturated carbocycles. The number of fused-ring (bicyclic) bond motifs is 1. The summed E-state index contributed by atoms with van der Waals surface area (Å²) in [4.78, 5) is 30.0. The number of imidazole rings is 1. The van der Waals surface area contributed by atoms with Crippen molar-refractivity contribution in [1.29, 1.82) is 0 Å². The first-order valence-corrected chi connectivity index (χ1v) is 13.1. The van der Waals surface area contributed by atoms with Gasteiger partial charge in [-0.25, -0.2) is 9.97 Å². The monoisotopic (exact) mass is 546 g/mol. The molecule has 1 aliphatic heterocycles. The summed E-state index contributed by atoms with van der Waals surface area (Å²) in [6.45, 7) is 7.57. The first kappa shape index (κ1) is 27.5. The number of hydrogen-bond acceptors (Lipinski definition) is 6. The van der Waals surface area contributed by atoms with Gasteiger partial charge in [-0.2, -0.15) is 13.2 Å². The van der Waals surface area contributed by atoms with E-state index in [0.717, 1.165) is 32.2 Å². The van der Waals surface area contributed by atoms with E-state index in [2.05, 4.69) is 50.4 Å². The lowest BCUT2D eigenvalue weighted by atomic mass is 9.98. The normalized spacial score (nSPS) is 14.8. The molecule has 1 aromatic carbocycles. The summed E-state index contributed by atoms with van der Waals surface area (Å²) in [5.41, 5.74) is 1.64. The molecule has 40 heavy (non-hydrogen) atoms. The van der Waals surface area contributed by atoms with Crippen molar-refractivity contribution in [2.75, 3.05) is 26.2 Å². The molecule has 5 rings (SSSR count). The van der Waals surface area contributed by atoms with Crippen molar-refractivity contribution in [1.82, 2.24) is 29.2 Å². The van der Waals surface area contributed by atoms with Gasteiger partial charge in [0.25, 0.3) is 0 Å². The maximum absolute atomic E-state index is 14.0. The van der Waals surface area contributed by atoms with Gasteiger partial charge >= 0.3 is 6.18 Å². The maximum Gasteiger partial charge on any atom is 0.416 e. The van der Waals surface area contributed by atoms with Crippen molar-refractivity contribution in [3.8, 4) is 11.8 Å². The highest BCUT2D eigenvalue weighted by molar-refractivity contribution is 5.95. The second-order valence-corrected chi connectivity index (χ2v) is 10.1. The zero-order valence-corrected chi connectivity index (χ0v) is 22.3. The third kappa shape index (κ3) is 6.38. The molecule has 0 N–H and O–H groups in total. The molecule has 0 amide bonds. The number of carbonyl (C=O) groups excluding carboxylic acids is 1. The molecule has 0 unspecified atom stereocenters. The van der Waals surface area contributed by atoms with Crippen LogP contribution in [0.3, 0.4) is 0 Å². The molecule has 4 heterocycles. The van der Waals surface area contributed by atoms with Gasteiger partial charge in [-0.1, -0.05) is 18.2 Å². The van der Waals surface area contributed by atoms with Crippen LogP contribution in [0.4, 0.5) is 13.2 Å². The van der Waals surface area contributed by atoms with Gasteiger partial charge in [0.15, 0.2) is 11.4 Å². The minimum atomic E-state index is -4.52. The summed E-state index contributed by atoms with van der Waals surface area (Å²) < 4.78 is 43.8. The van der Waals surface area contributed by atoms with Crippen LogP contribution >= 0.6 is 0 Å². The number of halogens is 3. The molecule has 1 fully saturated rings. The Labute approximate surface area is 230 Å². The van der Waals surface area contributed by atoms with Gasteiger partial charge in [-0.3, -0.25) is 24.0 Å². The molecule has 10 heteroatoms. The van der Waals surface area contributed by atoms with Gasteiger partial charge in [0.1, 0.15) is 17.1 Å². The summed E-state index contributed by atoms with van der Waals surface area (Å²) in [6, 6.07) is 9.50. The Morgan fingerprint density at radius 3 is 2.60 bits per heavy atom. The van der Waals surface area contributed by atoms with Crippen LogP contribution in [0.1, 0.15) is 52.4 Å². The second-order valence-electron chi connectivity index (χ2n) is 10.1. The lowest BCUT2D eigenvalue weighted by Gasteiger charge is -2.37. The Morgan fingerprint density at radius 1 is 1.05 bits per heavy atom. The topological polar surface area (TPSA) is 66.6 Å². The Hall–Kier alpha value is -4.07. The minimum Gasteiger partial charge on any atom is -0.298 e. The standard InChI is InChI=1S/C30H29F3N6O/c1-21(2)38-14-12-37(13-15-38)20-23-7-6-22(16-26(23)30(31,32)33)17-28(40)27-5-3-4-24(36-27)8-9-25-18-35-29-19-34-10-11-39(25)29/h3-7,10-11,16,18-19,21H,12-15,17,20H2,1-2H3. The highest BCUT2D eigenvalue weighted by Gasteiger charge is 2.34. The van der Waals surface area contributed by atoms with E-state index in [1.54, 1.807) is 53.5 Å². The van der Waals surface area contributed by atoms with Gasteiger partial charge in [0.05, 0.1) is 18.0 Å². The van der Waals surface area contributed by atoms with Crippen molar-refractivity contribution >= 4 is 11.4 Å². The SMILES string of the molecule is CC(C)N1CCN(Cc2ccc(CC(=O)c3cccc(C#Cc4cnc5cnccn45)n3)cc2C(F)(F)F)CC1. The van der Waals surface area contributed by atoms with Crippen LogP contribution in [-0.2, 0) is 19.1 Å². The Kier molecular flexibility index (Phi) is 7.96. The number of nitrogens with zero attached hydrogens (tertiary/aromatic N) is 6. The van der Waals surface area contributed by atoms with Crippen molar-refractivity contribution in [2.24, 2.45) is 0 Å². The molecule has 0 aliphatic carbocycles. The zero-order chi connectivity index (χ0) is 28.3. The number of Topliss-reactive ketones (excluding diaryl/α,β-unsaturated/α-hetero) is 1. The van der Waals surface area contributed by atoms with Crippen molar-refractivity contribution in [2.45, 2.75) is 39.0 Å². The summed E-state index contributed by atoms with van der Waals surface area (Å²) in [5.74, 6) is 5.54. The molecule has 206 valence electrons. The highest BCUT2D eigenvalue weighted by atomic mass is 19.4. The first-order chi connectivity index (χ1) is 19.2. The molecule has 1 aliphatic rings. The number of ketones is 1. The van der Waals surface area contributed by atoms with E-state index >= 15 is 0 Å². The summed E-state index contributed by atoms with van der Waals surface area (Å²) in [5, 5.41) is 0. The lowest BCUT2D eigenvalue weighted by Crippen LogP contribution is -2.48. The van der Waals surface area contributed by atoms with Crippen LogP contribution in [-0.4, -0.2) is 67.2 Å². The molecular formula is C30H29F3N6O. The third-order valence-corrected chi connectivity index (χ3v) is 7.05. The molecule has 3 aromatic heterocycles. The smallest absolute Gasteiger partial charge is 0.298 e. The fourth-order valence-electron chi connectivity index (χ4n) is 4.81. The van der Waals surface area contributed by atoms with Crippen LogP contribution in [0.25, 0.3) is 5.65 Å². The molecule has 0 atom stereocenters. The van der Waals surface area contributed by atoms with Crippen LogP contribution in [0.15, 0.2) is 61.2 Å². The molecule has 0 radical (unpaired) electrons. The highest BCUT2D eigenvalue weighted by Crippen LogP contribution is 2.34. The van der Waals surface area contributed by atoms with Crippen molar-refractivity contribution < 1.29 is 18.0 Å². The molecule has 7 nitrogen and oxygen atoms in total. The Balaban J connectivity index is 1.30. The van der Waals surface area contributed by atoms with E-state index in [-0.39, 0.29) is 30.0 Å². The van der Waals surface area contributed by atoms with Crippen LogP contribution < -0.4 is 0 Å². The summed E-state index contributed by atoms with van der Waals surface area (Å²) in [7, 11) is 0. The number of benzene rings is 1. The van der Waals surface area contributed by atoms with Crippen molar-refractivity contribution in [3.05, 3.63) is 95.0 Å². The number of alkyl halides is 3. The van der Waals surface area contributed by atoms with Gasteiger partial charge in [0.2, 0.25) is 0 Å². The predicted molar refractivity (Wildman–Crippen MR) is 145 cm³/mol. The van der Waals surface area contributed by atoms with Crippen LogP contribution in [0.2, 0.25) is 0 Å². The average molecular weight is 547 g/mol. The number of aromatic nitrogens is 4. The van der Waals surface area contributed by atoms with E-state index < -0.39 is 11.7 Å². The largest absolute Gasteiger partial charge is 0.416 e. The molecule has 0 bridgehead atoms. The molecule has 1 saturated heterocycles. The van der Waals surface area contributed by atoms with Gasteiger partial charge in [0, 0.05) is 57.6 Å². The van der Waals surface area contributed by atoms with Gasteiger partial charge in [-0.15, -0.1) is 0 Å². The lowest BCUT2D eigenvalue weighted by molar-refractivity contribution is -0.138. The number of carbonyl (C=O) groups is 1. The Morgan fingerprint density at radius 2 is 1.85 bits per heavy atom. The molecule has 0 spiro atoms. The van der Waals surface area contributed by atoms with Crippen LogP contribution in [0.5, 0.6) is 0 Å². The number of rotatable bonds is 6. The van der Waals surface area contributed by atoms with E-state index in [9.17, 15) is 18.0 Å². The minimum absolute atomic E-state index is 0.148. The van der Waals surface area contributed by atoms with E-state index in [1.165, 1.54) is 6.07 Å². The van der Waals surface area contributed by atoms with Crippen molar-refractivity contribution in [3.63, 3.8) is 0 Å². The molecule has 4 aromatic rings. The first-order valence-electron chi connectivity index (χ1n) is 13.1. The zero-order valence-electron chi connectivity index (χ0n) is 22.3. The van der Waals surface area contributed by atoms with Gasteiger partial charge < -0.3 is 0 Å². The van der Waals surface area contributed by atoms with E-state index in [0.29, 0.717) is 28.6 Å². The fourth-order valence-corrected chi connectivity index (χ4v) is 4.81. The average Bonchev–Trinajstić information content (AvgIpc) is 3.36. The van der Waals surface area contributed by atoms with Gasteiger partial charge in [-0.05, 0) is 55.0 Å².